The lowest BCUT2D eigenvalue weighted by atomic mass is 10.2. The summed E-state index contributed by atoms with van der Waals surface area (Å²) in [4.78, 5) is 26.5. The Morgan fingerprint density at radius 2 is 2.21 bits per heavy atom. The molecule has 1 unspecified atom stereocenters. The van der Waals surface area contributed by atoms with Crippen molar-refractivity contribution >= 4 is 23.5 Å². The SMILES string of the molecule is O=C(O)N(Cc1ccc(Cl)cc1)CC1Cn2cc([N+](=O)[O-])nc2O1. The van der Waals surface area contributed by atoms with E-state index in [1.54, 1.807) is 24.3 Å². The summed E-state index contributed by atoms with van der Waals surface area (Å²) in [6.07, 6.45) is -0.250. The van der Waals surface area contributed by atoms with Crippen LogP contribution < -0.4 is 4.74 Å². The highest BCUT2D eigenvalue weighted by Crippen LogP contribution is 2.25. The second kappa shape index (κ2) is 6.36. The molecule has 1 N–H and O–H groups in total. The smallest absolute Gasteiger partial charge is 0.414 e. The molecule has 0 saturated heterocycles. The van der Waals surface area contributed by atoms with Gasteiger partial charge in [-0.15, -0.1) is 0 Å². The first kappa shape index (κ1) is 16.1. The van der Waals surface area contributed by atoms with Crippen molar-refractivity contribution in [2.45, 2.75) is 19.2 Å². The second-order valence-electron chi connectivity index (χ2n) is 5.32. The second-order valence-corrected chi connectivity index (χ2v) is 5.76. The molecule has 0 aliphatic carbocycles. The molecule has 1 aliphatic rings. The molecule has 2 aromatic rings. The van der Waals surface area contributed by atoms with Crippen LogP contribution in [0.2, 0.25) is 5.02 Å². The lowest BCUT2D eigenvalue weighted by Crippen LogP contribution is -2.38. The maximum atomic E-state index is 11.4. The summed E-state index contributed by atoms with van der Waals surface area (Å²) >= 11 is 5.81. The summed E-state index contributed by atoms with van der Waals surface area (Å²) in [7, 11) is 0. The summed E-state index contributed by atoms with van der Waals surface area (Å²) in [5, 5.41) is 20.6. The van der Waals surface area contributed by atoms with E-state index < -0.39 is 17.1 Å². The molecule has 1 atom stereocenters. The highest BCUT2D eigenvalue weighted by Gasteiger charge is 2.33. The third-order valence-corrected chi connectivity index (χ3v) is 3.82. The summed E-state index contributed by atoms with van der Waals surface area (Å²) in [6, 6.07) is 7.02. The van der Waals surface area contributed by atoms with Gasteiger partial charge in [0.15, 0.2) is 0 Å². The summed E-state index contributed by atoms with van der Waals surface area (Å²) in [6.45, 7) is 0.616. The predicted molar refractivity (Wildman–Crippen MR) is 83.2 cm³/mol. The lowest BCUT2D eigenvalue weighted by Gasteiger charge is -2.22. The molecule has 1 amide bonds. The normalized spacial score (nSPS) is 15.6. The van der Waals surface area contributed by atoms with E-state index >= 15 is 0 Å². The fourth-order valence-corrected chi connectivity index (χ4v) is 2.59. The lowest BCUT2D eigenvalue weighted by molar-refractivity contribution is -0.389. The number of imidazole rings is 1. The minimum Gasteiger partial charge on any atom is -0.465 e. The predicted octanol–water partition coefficient (Wildman–Crippen LogP) is 2.39. The summed E-state index contributed by atoms with van der Waals surface area (Å²) in [5.74, 6) is -0.292. The third-order valence-electron chi connectivity index (χ3n) is 3.57. The number of hydrogen-bond acceptors (Lipinski definition) is 5. The monoisotopic (exact) mass is 352 g/mol. The number of halogens is 1. The molecule has 126 valence electrons. The van der Waals surface area contributed by atoms with Crippen molar-refractivity contribution in [1.82, 2.24) is 14.5 Å². The molecule has 2 heterocycles. The average molecular weight is 353 g/mol. The van der Waals surface area contributed by atoms with Gasteiger partial charge in [0, 0.05) is 16.6 Å². The number of hydrogen-bond donors (Lipinski definition) is 1. The number of ether oxygens (including phenoxy) is 1. The zero-order chi connectivity index (χ0) is 17.3. The highest BCUT2D eigenvalue weighted by molar-refractivity contribution is 6.30. The molecule has 0 fully saturated rings. The molecule has 10 heteroatoms. The Bertz CT molecular complexity index is 752. The van der Waals surface area contributed by atoms with Crippen LogP contribution in [-0.4, -0.2) is 43.2 Å². The van der Waals surface area contributed by atoms with E-state index in [0.717, 1.165) is 5.56 Å². The molecule has 1 aliphatic heterocycles. The van der Waals surface area contributed by atoms with Crippen molar-refractivity contribution in [3.8, 4) is 6.01 Å². The molecule has 0 bridgehead atoms. The standard InChI is InChI=1S/C14H13ClN4O5/c15-10-3-1-9(2-4-10)5-18(14(20)21)7-11-6-17-8-12(19(22)23)16-13(17)24-11/h1-4,8,11H,5-7H2,(H,20,21). The quantitative estimate of drug-likeness (QED) is 0.653. The Balaban J connectivity index is 1.64. The molecule has 0 spiro atoms. The van der Waals surface area contributed by atoms with Crippen LogP contribution in [-0.2, 0) is 13.1 Å². The van der Waals surface area contributed by atoms with E-state index in [1.807, 2.05) is 0 Å². The first-order valence-corrected chi connectivity index (χ1v) is 7.40. The van der Waals surface area contributed by atoms with Crippen molar-refractivity contribution in [2.24, 2.45) is 0 Å². The van der Waals surface area contributed by atoms with Gasteiger partial charge in [0.25, 0.3) is 0 Å². The summed E-state index contributed by atoms with van der Waals surface area (Å²) < 4.78 is 7.00. The van der Waals surface area contributed by atoms with Crippen LogP contribution >= 0.6 is 11.6 Å². The van der Waals surface area contributed by atoms with Gasteiger partial charge in [-0.05, 0) is 22.6 Å². The topological polar surface area (TPSA) is 111 Å². The number of nitro groups is 1. The van der Waals surface area contributed by atoms with E-state index in [0.29, 0.717) is 11.6 Å². The fraction of sp³-hybridized carbons (Fsp3) is 0.286. The largest absolute Gasteiger partial charge is 0.465 e. The van der Waals surface area contributed by atoms with Crippen LogP contribution in [0.1, 0.15) is 5.56 Å². The Labute approximate surface area is 141 Å². The number of benzene rings is 1. The van der Waals surface area contributed by atoms with Crippen LogP contribution in [0.5, 0.6) is 6.01 Å². The van der Waals surface area contributed by atoms with Gasteiger partial charge in [-0.3, -0.25) is 4.57 Å². The van der Waals surface area contributed by atoms with Crippen molar-refractivity contribution in [3.05, 3.63) is 51.2 Å². The number of fused-ring (bicyclic) bond motifs is 1. The zero-order valence-electron chi connectivity index (χ0n) is 12.3. The van der Waals surface area contributed by atoms with Crippen LogP contribution in [0.15, 0.2) is 30.5 Å². The molecule has 24 heavy (non-hydrogen) atoms. The zero-order valence-corrected chi connectivity index (χ0v) is 13.1. The minimum absolute atomic E-state index is 0.120. The molecule has 0 radical (unpaired) electrons. The molecule has 1 aromatic carbocycles. The average Bonchev–Trinajstić information content (AvgIpc) is 3.07. The first-order valence-electron chi connectivity index (χ1n) is 7.03. The van der Waals surface area contributed by atoms with Gasteiger partial charge < -0.3 is 24.9 Å². The van der Waals surface area contributed by atoms with Crippen LogP contribution in [0.4, 0.5) is 10.6 Å². The van der Waals surface area contributed by atoms with E-state index in [9.17, 15) is 20.0 Å². The fourth-order valence-electron chi connectivity index (χ4n) is 2.47. The van der Waals surface area contributed by atoms with Crippen molar-refractivity contribution in [1.29, 1.82) is 0 Å². The van der Waals surface area contributed by atoms with E-state index in [1.165, 1.54) is 15.7 Å². The Morgan fingerprint density at radius 3 is 2.79 bits per heavy atom. The van der Waals surface area contributed by atoms with Gasteiger partial charge in [-0.2, -0.15) is 0 Å². The van der Waals surface area contributed by atoms with Gasteiger partial charge in [0.1, 0.15) is 12.3 Å². The van der Waals surface area contributed by atoms with Gasteiger partial charge in [-0.25, -0.2) is 4.79 Å². The van der Waals surface area contributed by atoms with Crippen LogP contribution in [0, 0.1) is 10.1 Å². The minimum atomic E-state index is -1.08. The number of carbonyl (C=O) groups is 1. The number of nitrogens with zero attached hydrogens (tertiary/aromatic N) is 4. The molecule has 3 rings (SSSR count). The van der Waals surface area contributed by atoms with Crippen molar-refractivity contribution in [2.75, 3.05) is 6.54 Å². The van der Waals surface area contributed by atoms with E-state index in [2.05, 4.69) is 4.98 Å². The van der Waals surface area contributed by atoms with Crippen molar-refractivity contribution < 1.29 is 19.6 Å². The number of carboxylic acid groups (broad SMARTS) is 1. The van der Waals surface area contributed by atoms with Gasteiger partial charge >= 0.3 is 17.9 Å². The molecule has 9 nitrogen and oxygen atoms in total. The van der Waals surface area contributed by atoms with Gasteiger partial charge in [0.05, 0.1) is 13.1 Å². The first-order chi connectivity index (χ1) is 11.4. The molecule has 0 saturated carbocycles. The molecular weight excluding hydrogens is 340 g/mol. The Kier molecular flexibility index (Phi) is 4.26. The van der Waals surface area contributed by atoms with E-state index in [-0.39, 0.29) is 24.9 Å². The molecular formula is C14H13ClN4O5. The van der Waals surface area contributed by atoms with Gasteiger partial charge in [-0.1, -0.05) is 23.7 Å². The highest BCUT2D eigenvalue weighted by atomic mass is 35.5. The van der Waals surface area contributed by atoms with Crippen LogP contribution in [0.25, 0.3) is 0 Å². The maximum Gasteiger partial charge on any atom is 0.414 e. The van der Waals surface area contributed by atoms with Crippen molar-refractivity contribution in [3.63, 3.8) is 0 Å². The maximum absolute atomic E-state index is 11.4. The number of rotatable bonds is 5. The Morgan fingerprint density at radius 1 is 1.50 bits per heavy atom. The molecule has 1 aromatic heterocycles. The Hall–Kier alpha value is -2.81. The van der Waals surface area contributed by atoms with E-state index in [4.69, 9.17) is 16.3 Å². The van der Waals surface area contributed by atoms with Crippen LogP contribution in [0.3, 0.4) is 0 Å². The summed E-state index contributed by atoms with van der Waals surface area (Å²) in [5.41, 5.74) is 0.799. The number of aromatic nitrogens is 2. The number of amides is 1. The van der Waals surface area contributed by atoms with Gasteiger partial charge in [0.2, 0.25) is 0 Å². The third kappa shape index (κ3) is 3.40.